The van der Waals surface area contributed by atoms with E-state index in [-0.39, 0.29) is 6.61 Å². The molecule has 0 aromatic heterocycles. The van der Waals surface area contributed by atoms with Gasteiger partial charge in [-0.3, -0.25) is 0 Å². The molecule has 0 saturated carbocycles. The lowest BCUT2D eigenvalue weighted by Gasteiger charge is -2.21. The van der Waals surface area contributed by atoms with Crippen molar-refractivity contribution in [3.8, 4) is 0 Å². The van der Waals surface area contributed by atoms with Crippen LogP contribution < -0.4 is 0 Å². The van der Waals surface area contributed by atoms with Crippen molar-refractivity contribution in [2.45, 2.75) is 19.8 Å². The molecule has 0 radical (unpaired) electrons. The van der Waals surface area contributed by atoms with E-state index in [4.69, 9.17) is 5.11 Å². The Labute approximate surface area is 86.1 Å². The predicted octanol–water partition coefficient (Wildman–Crippen LogP) is 2.97. The molecule has 1 rings (SSSR count). The smallest absolute Gasteiger partial charge is 0.0641 e. The van der Waals surface area contributed by atoms with E-state index in [1.807, 2.05) is 18.2 Å². The van der Waals surface area contributed by atoms with E-state index in [2.05, 4.69) is 32.6 Å². The summed E-state index contributed by atoms with van der Waals surface area (Å²) < 4.78 is 0. The van der Waals surface area contributed by atoms with Crippen molar-refractivity contribution in [2.75, 3.05) is 6.61 Å². The van der Waals surface area contributed by atoms with Gasteiger partial charge >= 0.3 is 0 Å². The summed E-state index contributed by atoms with van der Waals surface area (Å²) in [5.41, 5.74) is 2.20. The Bertz CT molecular complexity index is 289. The van der Waals surface area contributed by atoms with Gasteiger partial charge in [-0.05, 0) is 23.0 Å². The molecule has 0 spiro atoms. The molecule has 0 saturated heterocycles. The van der Waals surface area contributed by atoms with E-state index in [0.717, 1.165) is 5.57 Å². The molecular formula is C13H18O. The lowest BCUT2D eigenvalue weighted by molar-refractivity contribution is 0.311. The maximum absolute atomic E-state index is 9.00. The van der Waals surface area contributed by atoms with E-state index >= 15 is 0 Å². The number of hydrogen-bond acceptors (Lipinski definition) is 1. The second-order valence-corrected chi connectivity index (χ2v) is 3.80. The van der Waals surface area contributed by atoms with E-state index < -0.39 is 0 Å². The normalized spacial score (nSPS) is 14.8. The quantitative estimate of drug-likeness (QED) is 0.724. The first-order valence-corrected chi connectivity index (χ1v) is 5.00. The van der Waals surface area contributed by atoms with Crippen LogP contribution in [0.3, 0.4) is 0 Å². The molecule has 0 aliphatic heterocycles. The maximum Gasteiger partial charge on any atom is 0.0641 e. The van der Waals surface area contributed by atoms with Crippen LogP contribution in [-0.2, 0) is 0 Å². The van der Waals surface area contributed by atoms with Crippen LogP contribution in [0.1, 0.15) is 25.3 Å². The molecule has 0 aliphatic rings. The third-order valence-electron chi connectivity index (χ3n) is 2.92. The van der Waals surface area contributed by atoms with Crippen molar-refractivity contribution >= 4 is 0 Å². The second kappa shape index (κ2) is 4.97. The Kier molecular flexibility index (Phi) is 3.90. The van der Waals surface area contributed by atoms with Crippen molar-refractivity contribution in [2.24, 2.45) is 5.92 Å². The van der Waals surface area contributed by atoms with Crippen LogP contribution in [0.15, 0.2) is 42.5 Å². The third-order valence-corrected chi connectivity index (χ3v) is 2.92. The number of benzene rings is 1. The molecular weight excluding hydrogens is 172 g/mol. The van der Waals surface area contributed by atoms with Crippen LogP contribution in [0.2, 0.25) is 0 Å². The zero-order valence-electron chi connectivity index (χ0n) is 8.90. The molecule has 0 amide bonds. The summed E-state index contributed by atoms with van der Waals surface area (Å²) in [4.78, 5) is 0. The van der Waals surface area contributed by atoms with Crippen LogP contribution in [0.25, 0.3) is 0 Å². The fourth-order valence-corrected chi connectivity index (χ4v) is 1.54. The average molecular weight is 190 g/mol. The van der Waals surface area contributed by atoms with Crippen LogP contribution in [0, 0.1) is 5.92 Å². The minimum atomic E-state index is 0.0817. The summed E-state index contributed by atoms with van der Waals surface area (Å²) in [6, 6.07) is 10.3. The fraction of sp³-hybridized carbons (Fsp3) is 0.385. The second-order valence-electron chi connectivity index (χ2n) is 3.80. The van der Waals surface area contributed by atoms with Crippen molar-refractivity contribution in [1.29, 1.82) is 0 Å². The maximum atomic E-state index is 9.00. The van der Waals surface area contributed by atoms with Gasteiger partial charge < -0.3 is 5.11 Å². The fourth-order valence-electron chi connectivity index (χ4n) is 1.54. The summed E-state index contributed by atoms with van der Waals surface area (Å²) >= 11 is 0. The third kappa shape index (κ3) is 2.46. The van der Waals surface area contributed by atoms with Crippen LogP contribution >= 0.6 is 0 Å². The molecule has 76 valence electrons. The minimum Gasteiger partial charge on any atom is -0.392 e. The number of hydrogen-bond donors (Lipinski definition) is 1. The van der Waals surface area contributed by atoms with Gasteiger partial charge in [-0.1, -0.05) is 50.8 Å². The number of aliphatic hydroxyl groups is 1. The van der Waals surface area contributed by atoms with Crippen molar-refractivity contribution < 1.29 is 5.11 Å². The Hall–Kier alpha value is -1.08. The zero-order chi connectivity index (χ0) is 10.6. The van der Waals surface area contributed by atoms with Gasteiger partial charge in [0.25, 0.3) is 0 Å². The highest BCUT2D eigenvalue weighted by atomic mass is 16.3. The molecule has 1 aromatic rings. The van der Waals surface area contributed by atoms with Gasteiger partial charge in [-0.2, -0.15) is 0 Å². The Balaban J connectivity index is 2.75. The molecule has 0 fully saturated rings. The minimum absolute atomic E-state index is 0.0817. The standard InChI is InChI=1S/C13H18O/c1-10(9-14)11(2)12(3)13-7-5-4-6-8-13/h4-8,11-12,14H,1,9H2,2-3H3. The highest BCUT2D eigenvalue weighted by Gasteiger charge is 2.15. The summed E-state index contributed by atoms with van der Waals surface area (Å²) in [6.07, 6.45) is 0. The van der Waals surface area contributed by atoms with Gasteiger partial charge in [-0.25, -0.2) is 0 Å². The first kappa shape index (κ1) is 11.0. The highest BCUT2D eigenvalue weighted by molar-refractivity contribution is 5.22. The molecule has 2 unspecified atom stereocenters. The summed E-state index contributed by atoms with van der Waals surface area (Å²) in [7, 11) is 0. The van der Waals surface area contributed by atoms with Crippen molar-refractivity contribution in [3.05, 3.63) is 48.0 Å². The van der Waals surface area contributed by atoms with Crippen LogP contribution in [-0.4, -0.2) is 11.7 Å². The Morgan fingerprint density at radius 1 is 1.29 bits per heavy atom. The van der Waals surface area contributed by atoms with E-state index in [9.17, 15) is 0 Å². The lowest BCUT2D eigenvalue weighted by atomic mass is 9.85. The van der Waals surface area contributed by atoms with E-state index in [1.54, 1.807) is 0 Å². The topological polar surface area (TPSA) is 20.2 Å². The number of aliphatic hydroxyl groups excluding tert-OH is 1. The lowest BCUT2D eigenvalue weighted by Crippen LogP contribution is -2.10. The largest absolute Gasteiger partial charge is 0.392 e. The molecule has 1 heteroatoms. The highest BCUT2D eigenvalue weighted by Crippen LogP contribution is 2.27. The van der Waals surface area contributed by atoms with Crippen molar-refractivity contribution in [1.82, 2.24) is 0 Å². The first-order chi connectivity index (χ1) is 6.66. The monoisotopic (exact) mass is 190 g/mol. The molecule has 14 heavy (non-hydrogen) atoms. The summed E-state index contributed by atoms with van der Waals surface area (Å²) in [6.45, 7) is 8.23. The van der Waals surface area contributed by atoms with Gasteiger partial charge in [0.15, 0.2) is 0 Å². The molecule has 0 bridgehead atoms. The van der Waals surface area contributed by atoms with Gasteiger partial charge in [0, 0.05) is 0 Å². The molecule has 1 nitrogen and oxygen atoms in total. The summed E-state index contributed by atoms with van der Waals surface area (Å²) in [5.74, 6) is 0.734. The Morgan fingerprint density at radius 3 is 2.36 bits per heavy atom. The van der Waals surface area contributed by atoms with E-state index in [1.165, 1.54) is 5.56 Å². The first-order valence-electron chi connectivity index (χ1n) is 5.00. The van der Waals surface area contributed by atoms with Crippen LogP contribution in [0.4, 0.5) is 0 Å². The Morgan fingerprint density at radius 2 is 1.86 bits per heavy atom. The molecule has 1 aromatic carbocycles. The SMILES string of the molecule is C=C(CO)C(C)C(C)c1ccccc1. The van der Waals surface area contributed by atoms with Gasteiger partial charge in [0.1, 0.15) is 0 Å². The van der Waals surface area contributed by atoms with Gasteiger partial charge in [-0.15, -0.1) is 0 Å². The average Bonchev–Trinajstić information content (AvgIpc) is 2.27. The van der Waals surface area contributed by atoms with E-state index in [0.29, 0.717) is 11.8 Å². The van der Waals surface area contributed by atoms with Gasteiger partial charge in [0.2, 0.25) is 0 Å². The molecule has 0 heterocycles. The molecule has 2 atom stereocenters. The van der Waals surface area contributed by atoms with Gasteiger partial charge in [0.05, 0.1) is 6.61 Å². The van der Waals surface area contributed by atoms with Crippen LogP contribution in [0.5, 0.6) is 0 Å². The molecule has 0 aliphatic carbocycles. The van der Waals surface area contributed by atoms with Crippen molar-refractivity contribution in [3.63, 3.8) is 0 Å². The number of rotatable bonds is 4. The zero-order valence-corrected chi connectivity index (χ0v) is 8.90. The summed E-state index contributed by atoms with van der Waals surface area (Å²) in [5, 5.41) is 9.00. The predicted molar refractivity (Wildman–Crippen MR) is 60.2 cm³/mol. The molecule has 1 N–H and O–H groups in total.